The molecule has 2 amide bonds. The topological polar surface area (TPSA) is 83.1 Å². The van der Waals surface area contributed by atoms with E-state index in [4.69, 9.17) is 0 Å². The number of pyridine rings is 1. The standard InChI is InChI=1S/C20H18N4O2S/c25-19(13-6-7-13)24-18-11-9-16(27-18)20(26)23-15-8-10-17(21-12-15)22-14-4-2-1-3-5-14/h1-5,8-13H,6-7H2,(H,21,22)(H,23,26)(H,24,25). The molecular formula is C20H18N4O2S. The molecule has 2 heterocycles. The lowest BCUT2D eigenvalue weighted by atomic mass is 10.3. The summed E-state index contributed by atoms with van der Waals surface area (Å²) in [6.45, 7) is 0. The average Bonchev–Trinajstić information content (AvgIpc) is 3.44. The highest BCUT2D eigenvalue weighted by molar-refractivity contribution is 7.18. The van der Waals surface area contributed by atoms with E-state index in [1.165, 1.54) is 11.3 Å². The Morgan fingerprint density at radius 2 is 1.74 bits per heavy atom. The second-order valence-corrected chi connectivity index (χ2v) is 7.39. The summed E-state index contributed by atoms with van der Waals surface area (Å²) in [7, 11) is 0. The first-order chi connectivity index (χ1) is 13.2. The van der Waals surface area contributed by atoms with Gasteiger partial charge in [0.1, 0.15) is 5.82 Å². The van der Waals surface area contributed by atoms with Gasteiger partial charge in [-0.25, -0.2) is 4.98 Å². The Morgan fingerprint density at radius 1 is 0.926 bits per heavy atom. The first-order valence-electron chi connectivity index (χ1n) is 8.67. The summed E-state index contributed by atoms with van der Waals surface area (Å²) < 4.78 is 0. The maximum atomic E-state index is 12.4. The van der Waals surface area contributed by atoms with Crippen LogP contribution in [0, 0.1) is 5.92 Å². The van der Waals surface area contributed by atoms with Crippen LogP contribution in [0.5, 0.6) is 0 Å². The molecule has 1 aliphatic rings. The van der Waals surface area contributed by atoms with Gasteiger partial charge in [-0.3, -0.25) is 9.59 Å². The van der Waals surface area contributed by atoms with Crippen LogP contribution in [-0.4, -0.2) is 16.8 Å². The third-order valence-corrected chi connectivity index (χ3v) is 5.09. The quantitative estimate of drug-likeness (QED) is 0.590. The number of benzene rings is 1. The van der Waals surface area contributed by atoms with Crippen LogP contribution in [0.3, 0.4) is 0 Å². The minimum atomic E-state index is -0.225. The minimum absolute atomic E-state index is 0.0366. The lowest BCUT2D eigenvalue weighted by molar-refractivity contribution is -0.117. The second kappa shape index (κ2) is 7.59. The zero-order chi connectivity index (χ0) is 18.6. The summed E-state index contributed by atoms with van der Waals surface area (Å²) in [6.07, 6.45) is 3.51. The Morgan fingerprint density at radius 3 is 2.44 bits per heavy atom. The Balaban J connectivity index is 1.35. The highest BCUT2D eigenvalue weighted by Crippen LogP contribution is 2.31. The summed E-state index contributed by atoms with van der Waals surface area (Å²) in [4.78, 5) is 29.0. The van der Waals surface area contributed by atoms with Gasteiger partial charge in [0, 0.05) is 11.6 Å². The number of carbonyl (C=O) groups excluding carboxylic acids is 2. The van der Waals surface area contributed by atoms with Crippen molar-refractivity contribution in [2.24, 2.45) is 5.92 Å². The fourth-order valence-corrected chi connectivity index (χ4v) is 3.30. The predicted octanol–water partition coefficient (Wildman–Crippen LogP) is 4.49. The third-order valence-electron chi connectivity index (χ3n) is 4.09. The summed E-state index contributed by atoms with van der Waals surface area (Å²) >= 11 is 1.26. The van der Waals surface area contributed by atoms with Crippen LogP contribution in [0.15, 0.2) is 60.8 Å². The number of aromatic nitrogens is 1. The van der Waals surface area contributed by atoms with Gasteiger partial charge in [0.15, 0.2) is 0 Å². The number of anilines is 4. The Labute approximate surface area is 160 Å². The van der Waals surface area contributed by atoms with Crippen molar-refractivity contribution in [3.05, 3.63) is 65.7 Å². The summed E-state index contributed by atoms with van der Waals surface area (Å²) in [5.74, 6) is 0.644. The molecule has 0 bridgehead atoms. The van der Waals surface area contributed by atoms with Gasteiger partial charge in [-0.05, 0) is 49.2 Å². The maximum Gasteiger partial charge on any atom is 0.265 e. The largest absolute Gasteiger partial charge is 0.340 e. The van der Waals surface area contributed by atoms with Crippen LogP contribution in [0.25, 0.3) is 0 Å². The zero-order valence-electron chi connectivity index (χ0n) is 14.4. The monoisotopic (exact) mass is 378 g/mol. The SMILES string of the molecule is O=C(Nc1ccc(Nc2ccccc2)nc1)c1ccc(NC(=O)C2CC2)s1. The molecule has 7 heteroatoms. The molecule has 6 nitrogen and oxygen atoms in total. The van der Waals surface area contributed by atoms with Crippen molar-refractivity contribution in [3.8, 4) is 0 Å². The normalized spacial score (nSPS) is 13.0. The zero-order valence-corrected chi connectivity index (χ0v) is 15.3. The number of hydrogen-bond donors (Lipinski definition) is 3. The smallest absolute Gasteiger partial charge is 0.265 e. The molecule has 3 aromatic rings. The van der Waals surface area contributed by atoms with E-state index >= 15 is 0 Å². The van der Waals surface area contributed by atoms with Crippen LogP contribution in [-0.2, 0) is 4.79 Å². The van der Waals surface area contributed by atoms with Gasteiger partial charge in [-0.2, -0.15) is 0 Å². The number of rotatable bonds is 6. The molecule has 0 unspecified atom stereocenters. The summed E-state index contributed by atoms with van der Waals surface area (Å²) in [6, 6.07) is 16.8. The van der Waals surface area contributed by atoms with Crippen LogP contribution in [0.4, 0.5) is 22.2 Å². The highest BCUT2D eigenvalue weighted by Gasteiger charge is 2.29. The van der Waals surface area contributed by atoms with Crippen molar-refractivity contribution in [2.75, 3.05) is 16.0 Å². The van der Waals surface area contributed by atoms with Gasteiger partial charge in [0.05, 0.1) is 21.8 Å². The molecule has 1 saturated carbocycles. The van der Waals surface area contributed by atoms with E-state index in [1.54, 1.807) is 30.5 Å². The Bertz CT molecular complexity index is 950. The van der Waals surface area contributed by atoms with Crippen molar-refractivity contribution in [2.45, 2.75) is 12.8 Å². The van der Waals surface area contributed by atoms with Gasteiger partial charge < -0.3 is 16.0 Å². The summed E-state index contributed by atoms with van der Waals surface area (Å²) in [5.41, 5.74) is 1.55. The van der Waals surface area contributed by atoms with Gasteiger partial charge in [0.25, 0.3) is 5.91 Å². The van der Waals surface area contributed by atoms with Gasteiger partial charge in [-0.15, -0.1) is 11.3 Å². The van der Waals surface area contributed by atoms with Crippen molar-refractivity contribution in [1.82, 2.24) is 4.98 Å². The molecule has 136 valence electrons. The molecule has 1 fully saturated rings. The molecule has 0 radical (unpaired) electrons. The molecule has 0 aliphatic heterocycles. The van der Waals surface area contributed by atoms with Crippen LogP contribution < -0.4 is 16.0 Å². The highest BCUT2D eigenvalue weighted by atomic mass is 32.1. The second-order valence-electron chi connectivity index (χ2n) is 6.30. The van der Waals surface area contributed by atoms with Crippen LogP contribution in [0.2, 0.25) is 0 Å². The van der Waals surface area contributed by atoms with Crippen molar-refractivity contribution >= 4 is 45.3 Å². The molecule has 3 N–H and O–H groups in total. The van der Waals surface area contributed by atoms with Crippen LogP contribution in [0.1, 0.15) is 22.5 Å². The van der Waals surface area contributed by atoms with Gasteiger partial charge in [-0.1, -0.05) is 18.2 Å². The van der Waals surface area contributed by atoms with Crippen molar-refractivity contribution in [3.63, 3.8) is 0 Å². The van der Waals surface area contributed by atoms with E-state index in [9.17, 15) is 9.59 Å². The number of amides is 2. The number of hydrogen-bond acceptors (Lipinski definition) is 5. The number of nitrogens with zero attached hydrogens (tertiary/aromatic N) is 1. The maximum absolute atomic E-state index is 12.4. The number of para-hydroxylation sites is 1. The van der Waals surface area contributed by atoms with E-state index < -0.39 is 0 Å². The number of thiophene rings is 1. The van der Waals surface area contributed by atoms with E-state index in [2.05, 4.69) is 20.9 Å². The van der Waals surface area contributed by atoms with E-state index in [0.29, 0.717) is 21.4 Å². The van der Waals surface area contributed by atoms with Crippen molar-refractivity contribution in [1.29, 1.82) is 0 Å². The third kappa shape index (κ3) is 4.51. The predicted molar refractivity (Wildman–Crippen MR) is 108 cm³/mol. The fourth-order valence-electron chi connectivity index (χ4n) is 2.50. The summed E-state index contributed by atoms with van der Waals surface area (Å²) in [5, 5.41) is 9.55. The van der Waals surface area contributed by atoms with E-state index in [1.807, 2.05) is 30.3 Å². The molecule has 0 saturated heterocycles. The Kier molecular flexibility index (Phi) is 4.84. The molecule has 27 heavy (non-hydrogen) atoms. The minimum Gasteiger partial charge on any atom is -0.340 e. The molecule has 1 aliphatic carbocycles. The molecule has 0 atom stereocenters. The first-order valence-corrected chi connectivity index (χ1v) is 9.49. The first kappa shape index (κ1) is 17.2. The van der Waals surface area contributed by atoms with Gasteiger partial charge in [0.2, 0.25) is 5.91 Å². The number of carbonyl (C=O) groups is 2. The molecule has 2 aromatic heterocycles. The molecule has 1 aromatic carbocycles. The Hall–Kier alpha value is -3.19. The fraction of sp³-hybridized carbons (Fsp3) is 0.150. The number of nitrogens with one attached hydrogen (secondary N) is 3. The lowest BCUT2D eigenvalue weighted by Gasteiger charge is -2.07. The van der Waals surface area contributed by atoms with Gasteiger partial charge >= 0.3 is 0 Å². The van der Waals surface area contributed by atoms with Crippen molar-refractivity contribution < 1.29 is 9.59 Å². The molecule has 0 spiro atoms. The molecule has 4 rings (SSSR count). The van der Waals surface area contributed by atoms with E-state index in [-0.39, 0.29) is 17.7 Å². The average molecular weight is 378 g/mol. The van der Waals surface area contributed by atoms with Crippen LogP contribution >= 0.6 is 11.3 Å². The lowest BCUT2D eigenvalue weighted by Crippen LogP contribution is -2.12. The molecular weight excluding hydrogens is 360 g/mol. The van der Waals surface area contributed by atoms with E-state index in [0.717, 1.165) is 18.5 Å².